The van der Waals surface area contributed by atoms with Gasteiger partial charge in [0.1, 0.15) is 5.75 Å². The van der Waals surface area contributed by atoms with E-state index in [1.165, 1.54) is 4.68 Å². The number of amides is 1. The fourth-order valence-corrected chi connectivity index (χ4v) is 3.12. The topological polar surface area (TPSA) is 56.2 Å². The van der Waals surface area contributed by atoms with Crippen LogP contribution in [0.15, 0.2) is 42.5 Å². The van der Waals surface area contributed by atoms with Crippen molar-refractivity contribution in [1.82, 2.24) is 9.78 Å². The predicted molar refractivity (Wildman–Crippen MR) is 97.6 cm³/mol. The minimum absolute atomic E-state index is 0.0923. The fraction of sp³-hybridized carbons (Fsp3) is 0.200. The number of alkyl halides is 3. The van der Waals surface area contributed by atoms with E-state index in [2.05, 4.69) is 10.4 Å². The van der Waals surface area contributed by atoms with E-state index < -0.39 is 11.9 Å². The van der Waals surface area contributed by atoms with Crippen molar-refractivity contribution in [3.63, 3.8) is 0 Å². The second-order valence-corrected chi connectivity index (χ2v) is 6.59. The molecule has 1 N–H and O–H groups in total. The second-order valence-electron chi connectivity index (χ2n) is 6.59. The minimum Gasteiger partial charge on any atom is -0.482 e. The van der Waals surface area contributed by atoms with Gasteiger partial charge in [-0.2, -0.15) is 18.3 Å². The molecule has 2 heterocycles. The van der Waals surface area contributed by atoms with Crippen molar-refractivity contribution in [2.45, 2.75) is 20.0 Å². The normalized spacial score (nSPS) is 13.7. The van der Waals surface area contributed by atoms with Crippen LogP contribution in [0.2, 0.25) is 0 Å². The van der Waals surface area contributed by atoms with Crippen LogP contribution < -0.4 is 10.1 Å². The van der Waals surface area contributed by atoms with E-state index >= 15 is 0 Å². The van der Waals surface area contributed by atoms with Gasteiger partial charge in [0.25, 0.3) is 5.91 Å². The van der Waals surface area contributed by atoms with Gasteiger partial charge in [-0.1, -0.05) is 12.1 Å². The van der Waals surface area contributed by atoms with Gasteiger partial charge in [0, 0.05) is 5.56 Å². The zero-order valence-electron chi connectivity index (χ0n) is 15.1. The molecule has 0 bridgehead atoms. The van der Waals surface area contributed by atoms with E-state index in [9.17, 15) is 18.0 Å². The van der Waals surface area contributed by atoms with Crippen LogP contribution in [0.5, 0.6) is 5.75 Å². The Labute approximate surface area is 158 Å². The van der Waals surface area contributed by atoms with E-state index in [1.807, 2.05) is 19.9 Å². The van der Waals surface area contributed by atoms with Gasteiger partial charge in [0.2, 0.25) is 0 Å². The number of halogens is 3. The molecule has 0 radical (unpaired) electrons. The summed E-state index contributed by atoms with van der Waals surface area (Å²) < 4.78 is 46.7. The molecule has 0 fully saturated rings. The molecular formula is C20H16F3N3O2. The van der Waals surface area contributed by atoms with Crippen LogP contribution in [-0.4, -0.2) is 22.3 Å². The Morgan fingerprint density at radius 2 is 1.93 bits per heavy atom. The van der Waals surface area contributed by atoms with E-state index in [1.54, 1.807) is 30.3 Å². The van der Waals surface area contributed by atoms with Gasteiger partial charge in [-0.05, 0) is 55.3 Å². The highest BCUT2D eigenvalue weighted by Crippen LogP contribution is 2.37. The first kappa shape index (κ1) is 18.1. The van der Waals surface area contributed by atoms with Crippen molar-refractivity contribution >= 4 is 11.6 Å². The molecule has 1 amide bonds. The SMILES string of the molecule is Cc1cccc(-n2nc(C(F)(F)F)cc2-c2ccc3c(c2)NC(=O)CO3)c1C. The van der Waals surface area contributed by atoms with Crippen LogP contribution in [0.3, 0.4) is 0 Å². The summed E-state index contributed by atoms with van der Waals surface area (Å²) in [6, 6.07) is 11.3. The summed E-state index contributed by atoms with van der Waals surface area (Å²) in [4.78, 5) is 11.6. The van der Waals surface area contributed by atoms with Crippen LogP contribution in [0.4, 0.5) is 18.9 Å². The molecule has 3 aromatic rings. The number of carbonyl (C=O) groups excluding carboxylic acids is 1. The third-order valence-corrected chi connectivity index (χ3v) is 4.71. The van der Waals surface area contributed by atoms with Crippen LogP contribution >= 0.6 is 0 Å². The molecule has 0 atom stereocenters. The number of fused-ring (bicyclic) bond motifs is 1. The van der Waals surface area contributed by atoms with Crippen molar-refractivity contribution in [3.8, 4) is 22.7 Å². The number of nitrogens with one attached hydrogen (secondary N) is 1. The molecule has 5 nitrogen and oxygen atoms in total. The molecule has 8 heteroatoms. The molecule has 2 aromatic carbocycles. The van der Waals surface area contributed by atoms with E-state index in [4.69, 9.17) is 4.74 Å². The van der Waals surface area contributed by atoms with Crippen molar-refractivity contribution in [2.24, 2.45) is 0 Å². The number of hydrogen-bond donors (Lipinski definition) is 1. The molecule has 28 heavy (non-hydrogen) atoms. The van der Waals surface area contributed by atoms with Crippen LogP contribution in [-0.2, 0) is 11.0 Å². The molecule has 0 saturated heterocycles. The van der Waals surface area contributed by atoms with E-state index in [0.717, 1.165) is 17.2 Å². The summed E-state index contributed by atoms with van der Waals surface area (Å²) in [7, 11) is 0. The molecule has 0 aliphatic carbocycles. The second kappa shape index (κ2) is 6.40. The van der Waals surface area contributed by atoms with Gasteiger partial charge in [-0.3, -0.25) is 4.79 Å². The largest absolute Gasteiger partial charge is 0.482 e. The molecule has 0 unspecified atom stereocenters. The maximum absolute atomic E-state index is 13.4. The third-order valence-electron chi connectivity index (χ3n) is 4.71. The highest BCUT2D eigenvalue weighted by Gasteiger charge is 2.35. The van der Waals surface area contributed by atoms with E-state index in [-0.39, 0.29) is 18.2 Å². The van der Waals surface area contributed by atoms with Crippen LogP contribution in [0.25, 0.3) is 16.9 Å². The lowest BCUT2D eigenvalue weighted by atomic mass is 10.1. The lowest BCUT2D eigenvalue weighted by Crippen LogP contribution is -2.25. The van der Waals surface area contributed by atoms with Gasteiger partial charge in [0.05, 0.1) is 17.1 Å². The van der Waals surface area contributed by atoms with Crippen LogP contribution in [0, 0.1) is 13.8 Å². The summed E-state index contributed by atoms with van der Waals surface area (Å²) in [5, 5.41) is 6.50. The molecule has 4 rings (SSSR count). The van der Waals surface area contributed by atoms with Gasteiger partial charge in [0.15, 0.2) is 12.3 Å². The van der Waals surface area contributed by atoms with Gasteiger partial charge in [-0.15, -0.1) is 0 Å². The maximum Gasteiger partial charge on any atom is 0.435 e. The van der Waals surface area contributed by atoms with Gasteiger partial charge in [-0.25, -0.2) is 4.68 Å². The Morgan fingerprint density at radius 1 is 1.14 bits per heavy atom. The van der Waals surface area contributed by atoms with Crippen molar-refractivity contribution in [3.05, 3.63) is 59.3 Å². The van der Waals surface area contributed by atoms with Crippen LogP contribution in [0.1, 0.15) is 16.8 Å². The van der Waals surface area contributed by atoms with Crippen molar-refractivity contribution in [1.29, 1.82) is 0 Å². The number of rotatable bonds is 2. The zero-order chi connectivity index (χ0) is 20.1. The van der Waals surface area contributed by atoms with Gasteiger partial charge >= 0.3 is 6.18 Å². The first-order valence-corrected chi connectivity index (χ1v) is 8.55. The minimum atomic E-state index is -4.58. The maximum atomic E-state index is 13.4. The molecular weight excluding hydrogens is 371 g/mol. The Bertz CT molecular complexity index is 1090. The number of nitrogens with zero attached hydrogens (tertiary/aromatic N) is 2. The van der Waals surface area contributed by atoms with Crippen molar-refractivity contribution in [2.75, 3.05) is 11.9 Å². The first-order valence-electron chi connectivity index (χ1n) is 8.55. The third kappa shape index (κ3) is 3.11. The monoisotopic (exact) mass is 387 g/mol. The molecule has 0 spiro atoms. The van der Waals surface area contributed by atoms with Gasteiger partial charge < -0.3 is 10.1 Å². The first-order chi connectivity index (χ1) is 13.2. The number of ether oxygens (including phenoxy) is 1. The lowest BCUT2D eigenvalue weighted by Gasteiger charge is -2.19. The molecule has 0 saturated carbocycles. The number of benzene rings is 2. The number of aryl methyl sites for hydroxylation is 1. The molecule has 144 valence electrons. The Hall–Kier alpha value is -3.29. The Balaban J connectivity index is 1.91. The quantitative estimate of drug-likeness (QED) is 0.704. The average molecular weight is 387 g/mol. The highest BCUT2D eigenvalue weighted by molar-refractivity contribution is 5.96. The molecule has 1 aliphatic rings. The summed E-state index contributed by atoms with van der Waals surface area (Å²) >= 11 is 0. The lowest BCUT2D eigenvalue weighted by molar-refractivity contribution is -0.141. The van der Waals surface area contributed by atoms with Crippen molar-refractivity contribution < 1.29 is 22.7 Å². The summed E-state index contributed by atoms with van der Waals surface area (Å²) in [6.07, 6.45) is -4.58. The zero-order valence-corrected chi connectivity index (χ0v) is 15.1. The number of anilines is 1. The summed E-state index contributed by atoms with van der Waals surface area (Å²) in [5.41, 5.74) is 2.51. The average Bonchev–Trinajstić information content (AvgIpc) is 3.09. The smallest absolute Gasteiger partial charge is 0.435 e. The number of hydrogen-bond acceptors (Lipinski definition) is 3. The Kier molecular flexibility index (Phi) is 4.14. The number of carbonyl (C=O) groups is 1. The molecule has 1 aliphatic heterocycles. The van der Waals surface area contributed by atoms with E-state index in [0.29, 0.717) is 22.7 Å². The fourth-order valence-electron chi connectivity index (χ4n) is 3.12. The summed E-state index contributed by atoms with van der Waals surface area (Å²) in [5.74, 6) is 0.154. The standard InChI is InChI=1S/C20H16F3N3O2/c1-11-4-3-5-15(12(11)2)26-16(9-18(25-26)20(21,22)23)13-6-7-17-14(8-13)24-19(27)10-28-17/h3-9H,10H2,1-2H3,(H,24,27). The predicted octanol–water partition coefficient (Wildman–Crippen LogP) is 4.51. The highest BCUT2D eigenvalue weighted by atomic mass is 19.4. The summed E-state index contributed by atoms with van der Waals surface area (Å²) in [6.45, 7) is 3.63. The number of aromatic nitrogens is 2. The Morgan fingerprint density at radius 3 is 2.68 bits per heavy atom. The molecule has 1 aromatic heterocycles.